The summed E-state index contributed by atoms with van der Waals surface area (Å²) in [6.45, 7) is 0.951. The number of rotatable bonds is 7. The minimum Gasteiger partial charge on any atom is -0.395 e. The van der Waals surface area contributed by atoms with Crippen molar-refractivity contribution < 1.29 is 19.7 Å². The van der Waals surface area contributed by atoms with Gasteiger partial charge in [-0.15, -0.1) is 0 Å². The van der Waals surface area contributed by atoms with Gasteiger partial charge in [-0.3, -0.25) is 9.69 Å². The molecule has 164 valence electrons. The van der Waals surface area contributed by atoms with Crippen molar-refractivity contribution in [2.75, 3.05) is 60.7 Å². The Bertz CT molecular complexity index is 1060. The van der Waals surface area contributed by atoms with Crippen molar-refractivity contribution in [2.24, 2.45) is 0 Å². The molecule has 11 heteroatoms. The molecule has 11 nitrogen and oxygen atoms in total. The van der Waals surface area contributed by atoms with Crippen LogP contribution in [0.3, 0.4) is 0 Å². The molecule has 1 saturated heterocycles. The third-order valence-electron chi connectivity index (χ3n) is 5.71. The maximum Gasteiger partial charge on any atom is 0.232 e. The number of carbonyl (C=O) groups is 1. The number of amides is 1. The Hall–Kier alpha value is -3.20. The fraction of sp³-hybridized carbons (Fsp3) is 0.500. The predicted molar refractivity (Wildman–Crippen MR) is 114 cm³/mol. The van der Waals surface area contributed by atoms with Crippen molar-refractivity contribution in [1.82, 2.24) is 9.97 Å². The summed E-state index contributed by atoms with van der Waals surface area (Å²) in [6, 6.07) is 2.16. The van der Waals surface area contributed by atoms with Gasteiger partial charge in [0, 0.05) is 30.6 Å². The molecule has 1 amide bonds. The molecule has 2 aliphatic heterocycles. The molecule has 4 rings (SSSR count). The van der Waals surface area contributed by atoms with E-state index in [-0.39, 0.29) is 67.8 Å². The Morgan fingerprint density at radius 1 is 1.19 bits per heavy atom. The largest absolute Gasteiger partial charge is 0.395 e. The zero-order valence-electron chi connectivity index (χ0n) is 17.0. The number of nitrogens with zero attached hydrogens (tertiary/aromatic N) is 5. The first-order chi connectivity index (χ1) is 15.0. The first kappa shape index (κ1) is 21.0. The Morgan fingerprint density at radius 3 is 2.52 bits per heavy atom. The third-order valence-corrected chi connectivity index (χ3v) is 5.71. The first-order valence-electron chi connectivity index (χ1n) is 10.2. The number of nitrogen functional groups attached to an aromatic ring is 2. The number of aromatic nitrogens is 2. The Kier molecular flexibility index (Phi) is 5.77. The summed E-state index contributed by atoms with van der Waals surface area (Å²) in [4.78, 5) is 24.8. The van der Waals surface area contributed by atoms with Crippen LogP contribution in [0, 0.1) is 11.3 Å². The van der Waals surface area contributed by atoms with Gasteiger partial charge in [-0.05, 0) is 12.8 Å². The second-order valence-corrected chi connectivity index (χ2v) is 7.61. The second kappa shape index (κ2) is 8.50. The molecule has 0 radical (unpaired) electrons. The van der Waals surface area contributed by atoms with Crippen molar-refractivity contribution >= 4 is 40.0 Å². The van der Waals surface area contributed by atoms with Gasteiger partial charge in [0.15, 0.2) is 0 Å². The van der Waals surface area contributed by atoms with Gasteiger partial charge in [-0.2, -0.15) is 5.26 Å². The summed E-state index contributed by atoms with van der Waals surface area (Å²) in [5.41, 5.74) is 13.2. The molecule has 2 aromatic rings. The monoisotopic (exact) mass is 427 g/mol. The van der Waals surface area contributed by atoms with Gasteiger partial charge in [0.25, 0.3) is 0 Å². The number of fused-ring (bicyclic) bond motifs is 3. The minimum atomic E-state index is -0.200. The molecule has 0 spiro atoms. The van der Waals surface area contributed by atoms with Crippen LogP contribution >= 0.6 is 0 Å². The van der Waals surface area contributed by atoms with E-state index >= 15 is 0 Å². The SMILES string of the molecule is N#Cc1c(N(CCO)CCO)nc(N)c2c(N)nc3c(c12)CC(=O)N3CC1CCCO1. The van der Waals surface area contributed by atoms with Gasteiger partial charge >= 0.3 is 0 Å². The standard InChI is InChI=1S/C20H25N7O4/c21-9-13-15-12-8-14(30)27(10-11-2-1-7-31-11)20(12)25-18(23)16(15)17(22)24-19(13)26(3-5-28)4-6-29/h11,28-29H,1-8,10H2,(H2,22,24)(H2,23,25). The zero-order chi connectivity index (χ0) is 22.1. The highest BCUT2D eigenvalue weighted by molar-refractivity contribution is 6.13. The van der Waals surface area contributed by atoms with E-state index in [2.05, 4.69) is 16.0 Å². The van der Waals surface area contributed by atoms with Gasteiger partial charge in [0.1, 0.15) is 34.9 Å². The van der Waals surface area contributed by atoms with Crippen LogP contribution in [-0.4, -0.2) is 71.6 Å². The molecular weight excluding hydrogens is 402 g/mol. The van der Waals surface area contributed by atoms with Crippen molar-refractivity contribution in [3.63, 3.8) is 0 Å². The van der Waals surface area contributed by atoms with Gasteiger partial charge in [-0.25, -0.2) is 9.97 Å². The molecule has 2 aliphatic rings. The van der Waals surface area contributed by atoms with Gasteiger partial charge in [0.2, 0.25) is 5.91 Å². The molecule has 31 heavy (non-hydrogen) atoms. The molecule has 4 heterocycles. The van der Waals surface area contributed by atoms with Crippen molar-refractivity contribution in [3.05, 3.63) is 11.1 Å². The molecule has 6 N–H and O–H groups in total. The fourth-order valence-electron chi connectivity index (χ4n) is 4.34. The number of hydrogen-bond donors (Lipinski definition) is 4. The highest BCUT2D eigenvalue weighted by atomic mass is 16.5. The topological polar surface area (TPSA) is 175 Å². The average molecular weight is 427 g/mol. The lowest BCUT2D eigenvalue weighted by Gasteiger charge is -2.25. The molecular formula is C20H25N7O4. The molecule has 1 fully saturated rings. The smallest absolute Gasteiger partial charge is 0.232 e. The maximum absolute atomic E-state index is 12.9. The molecule has 1 atom stereocenters. The number of aliphatic hydroxyl groups excluding tert-OH is 2. The van der Waals surface area contributed by atoms with E-state index in [1.807, 2.05) is 0 Å². The summed E-state index contributed by atoms with van der Waals surface area (Å²) in [5, 5.41) is 29.6. The summed E-state index contributed by atoms with van der Waals surface area (Å²) in [5.74, 6) is 0.656. The Morgan fingerprint density at radius 2 is 1.90 bits per heavy atom. The lowest BCUT2D eigenvalue weighted by atomic mass is 10.0. The average Bonchev–Trinajstić information content (AvgIpc) is 3.36. The van der Waals surface area contributed by atoms with Crippen LogP contribution in [0.25, 0.3) is 10.8 Å². The summed E-state index contributed by atoms with van der Waals surface area (Å²) >= 11 is 0. The molecule has 0 aliphatic carbocycles. The number of anilines is 4. The minimum absolute atomic E-state index is 0.0589. The lowest BCUT2D eigenvalue weighted by molar-refractivity contribution is -0.117. The van der Waals surface area contributed by atoms with Crippen molar-refractivity contribution in [1.29, 1.82) is 5.26 Å². The van der Waals surface area contributed by atoms with Crippen molar-refractivity contribution in [3.8, 4) is 6.07 Å². The number of nitriles is 1. The molecule has 0 aromatic carbocycles. The van der Waals surface area contributed by atoms with Gasteiger partial charge < -0.3 is 31.3 Å². The Balaban J connectivity index is 1.92. The number of nitrogens with two attached hydrogens (primary N) is 2. The van der Waals surface area contributed by atoms with E-state index in [0.29, 0.717) is 35.3 Å². The van der Waals surface area contributed by atoms with Crippen LogP contribution in [-0.2, 0) is 16.0 Å². The predicted octanol–water partition coefficient (Wildman–Crippen LogP) is -0.475. The van der Waals surface area contributed by atoms with Gasteiger partial charge in [-0.1, -0.05) is 0 Å². The van der Waals surface area contributed by atoms with Crippen LogP contribution in [0.4, 0.5) is 23.3 Å². The molecule has 1 unspecified atom stereocenters. The van der Waals surface area contributed by atoms with Crippen LogP contribution in [0.1, 0.15) is 24.0 Å². The van der Waals surface area contributed by atoms with E-state index < -0.39 is 0 Å². The number of carbonyl (C=O) groups excluding carboxylic acids is 1. The normalized spacial score (nSPS) is 17.9. The van der Waals surface area contributed by atoms with Crippen molar-refractivity contribution in [2.45, 2.75) is 25.4 Å². The van der Waals surface area contributed by atoms with Crippen LogP contribution in [0.5, 0.6) is 0 Å². The zero-order valence-corrected chi connectivity index (χ0v) is 17.0. The number of hydrogen-bond acceptors (Lipinski definition) is 10. The van der Waals surface area contributed by atoms with Crippen LogP contribution < -0.4 is 21.3 Å². The lowest BCUT2D eigenvalue weighted by Crippen LogP contribution is -2.35. The van der Waals surface area contributed by atoms with Crippen LogP contribution in [0.15, 0.2) is 0 Å². The van der Waals surface area contributed by atoms with E-state index in [4.69, 9.17) is 16.2 Å². The second-order valence-electron chi connectivity index (χ2n) is 7.61. The highest BCUT2D eigenvalue weighted by Crippen LogP contribution is 2.42. The van der Waals surface area contributed by atoms with E-state index in [0.717, 1.165) is 12.8 Å². The third kappa shape index (κ3) is 3.59. The fourth-order valence-corrected chi connectivity index (χ4v) is 4.34. The van der Waals surface area contributed by atoms with Crippen LogP contribution in [0.2, 0.25) is 0 Å². The highest BCUT2D eigenvalue weighted by Gasteiger charge is 2.36. The summed E-state index contributed by atoms with van der Waals surface area (Å²) in [7, 11) is 0. The molecule has 2 aromatic heterocycles. The van der Waals surface area contributed by atoms with Gasteiger partial charge in [0.05, 0.1) is 37.7 Å². The number of pyridine rings is 2. The molecule has 0 bridgehead atoms. The van der Waals surface area contributed by atoms with E-state index in [9.17, 15) is 20.3 Å². The quantitative estimate of drug-likeness (QED) is 0.452. The van der Waals surface area contributed by atoms with E-state index in [1.54, 1.807) is 9.80 Å². The summed E-state index contributed by atoms with van der Waals surface area (Å²) in [6.07, 6.45) is 1.81. The first-order valence-corrected chi connectivity index (χ1v) is 10.2. The summed E-state index contributed by atoms with van der Waals surface area (Å²) < 4.78 is 5.68. The number of ether oxygens (including phenoxy) is 1. The Labute approximate surface area is 178 Å². The maximum atomic E-state index is 12.9. The van der Waals surface area contributed by atoms with E-state index in [1.165, 1.54) is 0 Å². The number of aliphatic hydroxyl groups is 2. The molecule has 0 saturated carbocycles.